The summed E-state index contributed by atoms with van der Waals surface area (Å²) in [5.74, 6) is 0.0670. The van der Waals surface area contributed by atoms with Gasteiger partial charge in [-0.2, -0.15) is 0 Å². The van der Waals surface area contributed by atoms with Crippen molar-refractivity contribution in [3.8, 4) is 0 Å². The van der Waals surface area contributed by atoms with Crippen molar-refractivity contribution in [3.05, 3.63) is 29.8 Å². The molecule has 2 atom stereocenters. The Bertz CT molecular complexity index is 461. The fourth-order valence-corrected chi connectivity index (χ4v) is 3.02. The van der Waals surface area contributed by atoms with Crippen LogP contribution in [0, 0.1) is 0 Å². The van der Waals surface area contributed by atoms with Crippen LogP contribution in [0.4, 0.5) is 5.69 Å². The van der Waals surface area contributed by atoms with Crippen molar-refractivity contribution in [3.63, 3.8) is 0 Å². The number of carbonyl (C=O) groups is 1. The highest BCUT2D eigenvalue weighted by molar-refractivity contribution is 5.88. The van der Waals surface area contributed by atoms with Crippen LogP contribution in [-0.2, 0) is 4.79 Å². The summed E-state index contributed by atoms with van der Waals surface area (Å²) in [5, 5.41) is 12.6. The highest BCUT2D eigenvalue weighted by Crippen LogP contribution is 2.33. The highest BCUT2D eigenvalue weighted by atomic mass is 16.3. The lowest BCUT2D eigenvalue weighted by atomic mass is 9.99. The summed E-state index contributed by atoms with van der Waals surface area (Å²) in [7, 11) is 0. The Morgan fingerprint density at radius 2 is 2.28 bits per heavy atom. The van der Waals surface area contributed by atoms with Crippen LogP contribution in [0.2, 0.25) is 0 Å². The Hall–Kier alpha value is -1.55. The van der Waals surface area contributed by atoms with E-state index in [-0.39, 0.29) is 24.5 Å². The third kappa shape index (κ3) is 1.77. The van der Waals surface area contributed by atoms with E-state index in [0.717, 1.165) is 30.6 Å². The summed E-state index contributed by atoms with van der Waals surface area (Å²) < 4.78 is 0. The normalized spacial score (nSPS) is 25.9. The first-order chi connectivity index (χ1) is 8.81. The van der Waals surface area contributed by atoms with Crippen LogP contribution in [0.15, 0.2) is 24.3 Å². The molecule has 0 aliphatic carbocycles. The first kappa shape index (κ1) is 11.5. The van der Waals surface area contributed by atoms with E-state index in [2.05, 4.69) is 5.32 Å². The second kappa shape index (κ2) is 4.61. The average molecular weight is 246 g/mol. The Balaban J connectivity index is 1.82. The van der Waals surface area contributed by atoms with E-state index in [1.54, 1.807) is 0 Å². The quantitative estimate of drug-likeness (QED) is 0.824. The summed E-state index contributed by atoms with van der Waals surface area (Å²) in [6.45, 7) is 1.53. The van der Waals surface area contributed by atoms with Gasteiger partial charge in [0, 0.05) is 18.8 Å². The zero-order chi connectivity index (χ0) is 12.5. The Labute approximate surface area is 107 Å². The molecule has 0 spiro atoms. The first-order valence-electron chi connectivity index (χ1n) is 6.55. The van der Waals surface area contributed by atoms with Crippen molar-refractivity contribution >= 4 is 11.6 Å². The molecule has 0 radical (unpaired) electrons. The van der Waals surface area contributed by atoms with E-state index in [1.165, 1.54) is 0 Å². The van der Waals surface area contributed by atoms with Gasteiger partial charge in [0.2, 0.25) is 5.91 Å². The lowest BCUT2D eigenvalue weighted by molar-refractivity contribution is -0.133. The maximum atomic E-state index is 12.6. The van der Waals surface area contributed by atoms with Gasteiger partial charge in [-0.15, -0.1) is 0 Å². The zero-order valence-corrected chi connectivity index (χ0v) is 10.3. The maximum Gasteiger partial charge on any atom is 0.232 e. The standard InChI is InChI=1S/C14H18N2O2/c17-9-10-4-3-7-16(10)14(18)12-8-15-13-6-2-1-5-11(12)13/h1-2,5-6,10,12,15,17H,3-4,7-9H2/t10-,12?/m1/s1. The lowest BCUT2D eigenvalue weighted by Crippen LogP contribution is -2.41. The summed E-state index contributed by atoms with van der Waals surface area (Å²) in [6.07, 6.45) is 1.92. The van der Waals surface area contributed by atoms with Crippen molar-refractivity contribution in [1.82, 2.24) is 4.90 Å². The fourth-order valence-electron chi connectivity index (χ4n) is 3.02. The smallest absolute Gasteiger partial charge is 0.232 e. The Morgan fingerprint density at radius 3 is 3.11 bits per heavy atom. The number of aliphatic hydroxyl groups excluding tert-OH is 1. The number of nitrogens with zero attached hydrogens (tertiary/aromatic N) is 1. The number of hydrogen-bond donors (Lipinski definition) is 2. The predicted molar refractivity (Wildman–Crippen MR) is 69.5 cm³/mol. The topological polar surface area (TPSA) is 52.6 Å². The van der Waals surface area contributed by atoms with Gasteiger partial charge in [-0.1, -0.05) is 18.2 Å². The largest absolute Gasteiger partial charge is 0.394 e. The number of fused-ring (bicyclic) bond motifs is 1. The molecule has 4 heteroatoms. The van der Waals surface area contributed by atoms with Crippen molar-refractivity contribution in [1.29, 1.82) is 0 Å². The van der Waals surface area contributed by atoms with Crippen molar-refractivity contribution < 1.29 is 9.90 Å². The first-order valence-corrected chi connectivity index (χ1v) is 6.55. The third-order valence-electron chi connectivity index (χ3n) is 4.00. The van der Waals surface area contributed by atoms with Crippen molar-refractivity contribution in [2.24, 2.45) is 0 Å². The Kier molecular flexibility index (Phi) is 2.96. The lowest BCUT2D eigenvalue weighted by Gasteiger charge is -2.26. The predicted octanol–water partition coefficient (Wildman–Crippen LogP) is 1.18. The van der Waals surface area contributed by atoms with E-state index in [1.807, 2.05) is 29.2 Å². The molecule has 0 aromatic heterocycles. The van der Waals surface area contributed by atoms with Crippen molar-refractivity contribution in [2.45, 2.75) is 24.8 Å². The van der Waals surface area contributed by atoms with E-state index in [4.69, 9.17) is 0 Å². The summed E-state index contributed by atoms with van der Waals surface area (Å²) in [4.78, 5) is 14.4. The van der Waals surface area contributed by atoms with Gasteiger partial charge in [0.25, 0.3) is 0 Å². The van der Waals surface area contributed by atoms with Crippen LogP contribution < -0.4 is 5.32 Å². The molecule has 1 unspecified atom stereocenters. The SMILES string of the molecule is O=C(C1CNc2ccccc21)N1CCC[C@@H]1CO. The fraction of sp³-hybridized carbons (Fsp3) is 0.500. The summed E-state index contributed by atoms with van der Waals surface area (Å²) in [6, 6.07) is 7.99. The molecule has 3 rings (SSSR count). The molecule has 2 aliphatic rings. The van der Waals surface area contributed by atoms with Gasteiger partial charge in [-0.25, -0.2) is 0 Å². The van der Waals surface area contributed by atoms with Crippen LogP contribution in [0.1, 0.15) is 24.3 Å². The zero-order valence-electron chi connectivity index (χ0n) is 10.3. The Morgan fingerprint density at radius 1 is 1.44 bits per heavy atom. The number of benzene rings is 1. The molecular weight excluding hydrogens is 228 g/mol. The minimum atomic E-state index is -0.0895. The molecule has 2 aliphatic heterocycles. The van der Waals surface area contributed by atoms with Crippen molar-refractivity contribution in [2.75, 3.05) is 25.0 Å². The number of para-hydroxylation sites is 1. The van der Waals surface area contributed by atoms with Crippen LogP contribution in [0.3, 0.4) is 0 Å². The summed E-state index contributed by atoms with van der Waals surface area (Å²) >= 11 is 0. The van der Waals surface area contributed by atoms with E-state index < -0.39 is 0 Å². The van der Waals surface area contributed by atoms with E-state index in [9.17, 15) is 9.90 Å². The second-order valence-electron chi connectivity index (χ2n) is 5.03. The third-order valence-corrected chi connectivity index (χ3v) is 4.00. The molecule has 1 saturated heterocycles. The number of amides is 1. The molecule has 2 N–H and O–H groups in total. The number of anilines is 1. The van der Waals surface area contributed by atoms with E-state index >= 15 is 0 Å². The average Bonchev–Trinajstić information content (AvgIpc) is 3.04. The van der Waals surface area contributed by atoms with Crippen LogP contribution in [-0.4, -0.2) is 41.7 Å². The molecule has 1 amide bonds. The molecule has 1 fully saturated rings. The highest BCUT2D eigenvalue weighted by Gasteiger charge is 2.36. The number of rotatable bonds is 2. The molecule has 0 saturated carbocycles. The molecular formula is C14H18N2O2. The van der Waals surface area contributed by atoms with Gasteiger partial charge in [0.05, 0.1) is 18.6 Å². The molecule has 18 heavy (non-hydrogen) atoms. The molecule has 2 heterocycles. The van der Waals surface area contributed by atoms with Crippen LogP contribution in [0.25, 0.3) is 0 Å². The molecule has 4 nitrogen and oxygen atoms in total. The second-order valence-corrected chi connectivity index (χ2v) is 5.03. The van der Waals surface area contributed by atoms with Gasteiger partial charge in [0.15, 0.2) is 0 Å². The van der Waals surface area contributed by atoms with Gasteiger partial charge in [0.1, 0.15) is 0 Å². The van der Waals surface area contributed by atoms with Crippen LogP contribution in [0.5, 0.6) is 0 Å². The summed E-state index contributed by atoms with van der Waals surface area (Å²) in [5.41, 5.74) is 2.15. The minimum absolute atomic E-state index is 0.0188. The maximum absolute atomic E-state index is 12.6. The van der Waals surface area contributed by atoms with Gasteiger partial charge in [-0.05, 0) is 24.5 Å². The molecule has 0 bridgehead atoms. The van der Waals surface area contributed by atoms with Gasteiger partial charge in [-0.3, -0.25) is 4.79 Å². The number of likely N-dealkylation sites (tertiary alicyclic amines) is 1. The number of nitrogens with one attached hydrogen (secondary N) is 1. The number of carbonyl (C=O) groups excluding carboxylic acids is 1. The number of aliphatic hydroxyl groups is 1. The van der Waals surface area contributed by atoms with Gasteiger partial charge < -0.3 is 15.3 Å². The molecule has 96 valence electrons. The molecule has 1 aromatic rings. The van der Waals surface area contributed by atoms with Crippen LogP contribution >= 0.6 is 0 Å². The monoisotopic (exact) mass is 246 g/mol. The minimum Gasteiger partial charge on any atom is -0.394 e. The molecule has 1 aromatic carbocycles. The van der Waals surface area contributed by atoms with E-state index in [0.29, 0.717) is 6.54 Å². The number of hydrogen-bond acceptors (Lipinski definition) is 3. The van der Waals surface area contributed by atoms with Gasteiger partial charge >= 0.3 is 0 Å².